The van der Waals surface area contributed by atoms with E-state index in [1.807, 2.05) is 13.8 Å². The molecule has 0 radical (unpaired) electrons. The highest BCUT2D eigenvalue weighted by Gasteiger charge is 2.32. The zero-order valence-corrected chi connectivity index (χ0v) is 7.98. The van der Waals surface area contributed by atoms with Gasteiger partial charge in [-0.3, -0.25) is 0 Å². The van der Waals surface area contributed by atoms with Gasteiger partial charge in [-0.1, -0.05) is 0 Å². The molecule has 1 aliphatic heterocycles. The van der Waals surface area contributed by atoms with Crippen LogP contribution in [0.2, 0.25) is 0 Å². The molecule has 1 aliphatic rings. The van der Waals surface area contributed by atoms with Crippen LogP contribution in [0.4, 0.5) is 0 Å². The van der Waals surface area contributed by atoms with Gasteiger partial charge in [-0.25, -0.2) is 4.79 Å². The number of hydrogen-bond donors (Lipinski definition) is 2. The van der Waals surface area contributed by atoms with Crippen LogP contribution in [0.3, 0.4) is 0 Å². The molecule has 0 aromatic carbocycles. The molecule has 1 saturated heterocycles. The SMILES string of the molecule is CC1(C)CNCC(C(=O)O)O1.Cl. The van der Waals surface area contributed by atoms with Gasteiger partial charge in [0.2, 0.25) is 0 Å². The average molecular weight is 196 g/mol. The predicted octanol–water partition coefficient (Wildman–Crippen LogP) is 0.260. The first-order valence-corrected chi connectivity index (χ1v) is 3.63. The van der Waals surface area contributed by atoms with E-state index in [9.17, 15) is 4.79 Å². The Labute approximate surface area is 77.7 Å². The summed E-state index contributed by atoms with van der Waals surface area (Å²) in [5, 5.41) is 11.6. The molecule has 12 heavy (non-hydrogen) atoms. The molecule has 1 fully saturated rings. The van der Waals surface area contributed by atoms with Crippen molar-refractivity contribution < 1.29 is 14.6 Å². The van der Waals surface area contributed by atoms with Crippen LogP contribution >= 0.6 is 12.4 Å². The minimum Gasteiger partial charge on any atom is -0.479 e. The molecule has 4 nitrogen and oxygen atoms in total. The molecule has 0 spiro atoms. The number of halogens is 1. The van der Waals surface area contributed by atoms with E-state index >= 15 is 0 Å². The predicted molar refractivity (Wildman–Crippen MR) is 46.7 cm³/mol. The Morgan fingerprint density at radius 3 is 2.58 bits per heavy atom. The fourth-order valence-corrected chi connectivity index (χ4v) is 1.11. The molecule has 0 aromatic heterocycles. The van der Waals surface area contributed by atoms with E-state index in [0.29, 0.717) is 13.1 Å². The van der Waals surface area contributed by atoms with Crippen molar-refractivity contribution in [2.75, 3.05) is 13.1 Å². The van der Waals surface area contributed by atoms with Crippen molar-refractivity contribution in [3.63, 3.8) is 0 Å². The van der Waals surface area contributed by atoms with Crippen LogP contribution in [0.15, 0.2) is 0 Å². The van der Waals surface area contributed by atoms with Gasteiger partial charge >= 0.3 is 5.97 Å². The Morgan fingerprint density at radius 1 is 1.67 bits per heavy atom. The average Bonchev–Trinajstić information content (AvgIpc) is 1.85. The van der Waals surface area contributed by atoms with Gasteiger partial charge < -0.3 is 15.2 Å². The van der Waals surface area contributed by atoms with Crippen LogP contribution in [0.25, 0.3) is 0 Å². The molecule has 0 bridgehead atoms. The molecule has 0 amide bonds. The molecular formula is C7H14ClNO3. The maximum Gasteiger partial charge on any atom is 0.334 e. The normalized spacial score (nSPS) is 27.3. The van der Waals surface area contributed by atoms with Crippen molar-refractivity contribution >= 4 is 18.4 Å². The maximum absolute atomic E-state index is 10.5. The summed E-state index contributed by atoms with van der Waals surface area (Å²) in [5.41, 5.74) is -0.360. The number of carbonyl (C=O) groups is 1. The van der Waals surface area contributed by atoms with E-state index in [-0.39, 0.29) is 18.0 Å². The van der Waals surface area contributed by atoms with Gasteiger partial charge in [0.25, 0.3) is 0 Å². The summed E-state index contributed by atoms with van der Waals surface area (Å²) in [7, 11) is 0. The summed E-state index contributed by atoms with van der Waals surface area (Å²) in [6.07, 6.45) is -0.696. The molecule has 1 heterocycles. The number of carboxylic acids is 1. The fraction of sp³-hybridized carbons (Fsp3) is 0.857. The van der Waals surface area contributed by atoms with Gasteiger partial charge in [0, 0.05) is 13.1 Å². The van der Waals surface area contributed by atoms with E-state index in [1.165, 1.54) is 0 Å². The molecule has 0 aliphatic carbocycles. The van der Waals surface area contributed by atoms with Crippen molar-refractivity contribution in [2.24, 2.45) is 0 Å². The van der Waals surface area contributed by atoms with Crippen LogP contribution in [0.1, 0.15) is 13.8 Å². The largest absolute Gasteiger partial charge is 0.479 e. The second-order valence-corrected chi connectivity index (χ2v) is 3.34. The van der Waals surface area contributed by atoms with Gasteiger partial charge in [0.15, 0.2) is 6.10 Å². The number of carboxylic acid groups (broad SMARTS) is 1. The minimum absolute atomic E-state index is 0. The van der Waals surface area contributed by atoms with Gasteiger partial charge in [0.1, 0.15) is 0 Å². The fourth-order valence-electron chi connectivity index (χ4n) is 1.11. The Morgan fingerprint density at radius 2 is 2.25 bits per heavy atom. The van der Waals surface area contributed by atoms with E-state index in [1.54, 1.807) is 0 Å². The van der Waals surface area contributed by atoms with Crippen molar-refractivity contribution in [3.05, 3.63) is 0 Å². The van der Waals surface area contributed by atoms with Crippen molar-refractivity contribution in [1.82, 2.24) is 5.32 Å². The summed E-state index contributed by atoms with van der Waals surface area (Å²) >= 11 is 0. The minimum atomic E-state index is -0.898. The van der Waals surface area contributed by atoms with Crippen LogP contribution < -0.4 is 5.32 Å². The molecular weight excluding hydrogens is 182 g/mol. The molecule has 2 N–H and O–H groups in total. The first kappa shape index (κ1) is 11.7. The van der Waals surface area contributed by atoms with E-state index in [0.717, 1.165) is 0 Å². The third kappa shape index (κ3) is 2.97. The quantitative estimate of drug-likeness (QED) is 0.630. The van der Waals surface area contributed by atoms with Crippen molar-refractivity contribution in [2.45, 2.75) is 25.6 Å². The Balaban J connectivity index is 0.00000121. The lowest BCUT2D eigenvalue weighted by Crippen LogP contribution is -2.53. The van der Waals surface area contributed by atoms with Crippen LogP contribution in [-0.2, 0) is 9.53 Å². The molecule has 1 unspecified atom stereocenters. The summed E-state index contributed by atoms with van der Waals surface area (Å²) < 4.78 is 5.27. The summed E-state index contributed by atoms with van der Waals surface area (Å²) in [6.45, 7) is 4.85. The lowest BCUT2D eigenvalue weighted by molar-refractivity contribution is -0.165. The molecule has 0 saturated carbocycles. The lowest BCUT2D eigenvalue weighted by Gasteiger charge is -2.34. The summed E-state index contributed by atoms with van der Waals surface area (Å²) in [4.78, 5) is 10.5. The standard InChI is InChI=1S/C7H13NO3.ClH/c1-7(2)4-8-3-5(11-7)6(9)10;/h5,8H,3-4H2,1-2H3,(H,9,10);1H. The zero-order valence-electron chi connectivity index (χ0n) is 7.16. The monoisotopic (exact) mass is 195 g/mol. The molecule has 1 rings (SSSR count). The number of nitrogens with one attached hydrogen (secondary N) is 1. The van der Waals surface area contributed by atoms with Crippen LogP contribution in [0, 0.1) is 0 Å². The smallest absolute Gasteiger partial charge is 0.334 e. The summed E-state index contributed by atoms with van der Waals surface area (Å²) in [5.74, 6) is -0.898. The highest BCUT2D eigenvalue weighted by atomic mass is 35.5. The number of ether oxygens (including phenoxy) is 1. The molecule has 72 valence electrons. The molecule has 5 heteroatoms. The lowest BCUT2D eigenvalue weighted by atomic mass is 10.1. The highest BCUT2D eigenvalue weighted by molar-refractivity contribution is 5.85. The van der Waals surface area contributed by atoms with Crippen LogP contribution in [0.5, 0.6) is 0 Å². The van der Waals surface area contributed by atoms with Gasteiger partial charge in [-0.05, 0) is 13.8 Å². The first-order chi connectivity index (χ1) is 5.01. The Kier molecular flexibility index (Phi) is 3.96. The number of hydrogen-bond acceptors (Lipinski definition) is 3. The number of morpholine rings is 1. The van der Waals surface area contributed by atoms with Gasteiger partial charge in [-0.2, -0.15) is 0 Å². The number of aliphatic carboxylic acids is 1. The second-order valence-electron chi connectivity index (χ2n) is 3.34. The van der Waals surface area contributed by atoms with Crippen molar-refractivity contribution in [3.8, 4) is 0 Å². The van der Waals surface area contributed by atoms with E-state index in [4.69, 9.17) is 9.84 Å². The highest BCUT2D eigenvalue weighted by Crippen LogP contribution is 2.14. The first-order valence-electron chi connectivity index (χ1n) is 3.63. The van der Waals surface area contributed by atoms with Gasteiger partial charge in [-0.15, -0.1) is 12.4 Å². The van der Waals surface area contributed by atoms with E-state index < -0.39 is 12.1 Å². The zero-order chi connectivity index (χ0) is 8.48. The third-order valence-corrected chi connectivity index (χ3v) is 1.62. The maximum atomic E-state index is 10.5. The number of rotatable bonds is 1. The van der Waals surface area contributed by atoms with Crippen molar-refractivity contribution in [1.29, 1.82) is 0 Å². The van der Waals surface area contributed by atoms with E-state index in [2.05, 4.69) is 5.32 Å². The Hall–Kier alpha value is -0.320. The van der Waals surface area contributed by atoms with Crippen LogP contribution in [-0.4, -0.2) is 35.9 Å². The molecule has 0 aromatic rings. The Bertz CT molecular complexity index is 172. The topological polar surface area (TPSA) is 58.6 Å². The summed E-state index contributed by atoms with van der Waals surface area (Å²) in [6, 6.07) is 0. The third-order valence-electron chi connectivity index (χ3n) is 1.62. The van der Waals surface area contributed by atoms with Gasteiger partial charge in [0.05, 0.1) is 5.60 Å². The second kappa shape index (κ2) is 4.07. The molecule has 1 atom stereocenters.